The van der Waals surface area contributed by atoms with E-state index in [1.54, 1.807) is 13.0 Å². The highest BCUT2D eigenvalue weighted by Gasteiger charge is 2.34. The fourth-order valence-electron chi connectivity index (χ4n) is 2.97. The molecule has 1 heterocycles. The molecule has 0 bridgehead atoms. The number of carbonyl (C=O) groups excluding carboxylic acids is 2. The highest BCUT2D eigenvalue weighted by Crippen LogP contribution is 2.36. The summed E-state index contributed by atoms with van der Waals surface area (Å²) in [6.45, 7) is 4.80. The van der Waals surface area contributed by atoms with Crippen LogP contribution in [0.1, 0.15) is 34.1 Å². The third kappa shape index (κ3) is 5.14. The Labute approximate surface area is 181 Å². The number of rotatable bonds is 4. The number of aryl methyl sites for hydroxylation is 2. The maximum Gasteiger partial charge on any atom is 0.418 e. The maximum atomic E-state index is 13.2. The molecule has 3 rings (SSSR count). The predicted octanol–water partition coefficient (Wildman–Crippen LogP) is 5.71. The molecule has 0 aliphatic heterocycles. The highest BCUT2D eigenvalue weighted by atomic mass is 35.5. The van der Waals surface area contributed by atoms with Crippen molar-refractivity contribution in [2.75, 3.05) is 5.32 Å². The van der Waals surface area contributed by atoms with Crippen LogP contribution in [0.4, 0.5) is 18.9 Å². The molecule has 1 unspecified atom stereocenters. The van der Waals surface area contributed by atoms with Gasteiger partial charge < -0.3 is 10.1 Å². The summed E-state index contributed by atoms with van der Waals surface area (Å²) in [6.07, 6.45) is -6.07. The van der Waals surface area contributed by atoms with Crippen LogP contribution in [0.5, 0.6) is 0 Å². The Balaban J connectivity index is 1.78. The van der Waals surface area contributed by atoms with Gasteiger partial charge in [0.15, 0.2) is 6.10 Å². The average Bonchev–Trinajstić information content (AvgIpc) is 2.68. The Morgan fingerprint density at radius 2 is 1.81 bits per heavy atom. The first-order chi connectivity index (χ1) is 14.5. The number of nitrogens with zero attached hydrogens (tertiary/aromatic N) is 1. The zero-order chi connectivity index (χ0) is 22.9. The number of ether oxygens (including phenoxy) is 1. The molecule has 0 fully saturated rings. The minimum Gasteiger partial charge on any atom is -0.449 e. The number of pyridine rings is 1. The van der Waals surface area contributed by atoms with E-state index in [1.165, 1.54) is 13.0 Å². The van der Waals surface area contributed by atoms with Crippen LogP contribution in [0.3, 0.4) is 0 Å². The van der Waals surface area contributed by atoms with Gasteiger partial charge in [0.1, 0.15) is 0 Å². The number of fused-ring (bicyclic) bond motifs is 1. The van der Waals surface area contributed by atoms with E-state index in [1.807, 2.05) is 25.1 Å². The summed E-state index contributed by atoms with van der Waals surface area (Å²) in [6, 6.07) is 10.2. The molecule has 31 heavy (non-hydrogen) atoms. The van der Waals surface area contributed by atoms with Gasteiger partial charge in [-0.2, -0.15) is 13.2 Å². The molecular formula is C22H18ClF3N2O3. The molecule has 1 N–H and O–H groups in total. The Hall–Kier alpha value is -3.13. The van der Waals surface area contributed by atoms with Gasteiger partial charge in [0.25, 0.3) is 5.91 Å². The molecule has 1 amide bonds. The number of hydrogen-bond acceptors (Lipinski definition) is 4. The highest BCUT2D eigenvalue weighted by molar-refractivity contribution is 6.30. The third-order valence-corrected chi connectivity index (χ3v) is 4.81. The second-order valence-corrected chi connectivity index (χ2v) is 7.48. The smallest absolute Gasteiger partial charge is 0.418 e. The van der Waals surface area contributed by atoms with Crippen LogP contribution in [0, 0.1) is 13.8 Å². The number of nitrogens with one attached hydrogen (secondary N) is 1. The molecule has 2 aromatic carbocycles. The van der Waals surface area contributed by atoms with Crippen LogP contribution >= 0.6 is 11.6 Å². The molecule has 3 aromatic rings. The van der Waals surface area contributed by atoms with Crippen molar-refractivity contribution in [3.63, 3.8) is 0 Å². The number of aromatic nitrogens is 1. The van der Waals surface area contributed by atoms with Crippen LogP contribution in [0.2, 0.25) is 5.02 Å². The van der Waals surface area contributed by atoms with Crippen molar-refractivity contribution in [1.82, 2.24) is 4.98 Å². The van der Waals surface area contributed by atoms with Gasteiger partial charge in [-0.05, 0) is 57.2 Å². The van der Waals surface area contributed by atoms with Gasteiger partial charge >= 0.3 is 12.1 Å². The molecule has 162 valence electrons. The molecule has 5 nitrogen and oxygen atoms in total. The SMILES string of the molecule is Cc1ccc2nc(C)c(C(=O)OC(C)C(=O)Nc3ccc(Cl)cc3C(F)(F)F)cc2c1. The second-order valence-electron chi connectivity index (χ2n) is 7.04. The second kappa shape index (κ2) is 8.55. The summed E-state index contributed by atoms with van der Waals surface area (Å²) < 4.78 is 44.8. The zero-order valence-corrected chi connectivity index (χ0v) is 17.6. The minimum absolute atomic E-state index is 0.126. The normalized spacial score (nSPS) is 12.5. The zero-order valence-electron chi connectivity index (χ0n) is 16.8. The lowest BCUT2D eigenvalue weighted by Gasteiger charge is -2.17. The van der Waals surface area contributed by atoms with E-state index in [4.69, 9.17) is 16.3 Å². The number of alkyl halides is 3. The lowest BCUT2D eigenvalue weighted by molar-refractivity contribution is -0.137. The van der Waals surface area contributed by atoms with Gasteiger partial charge in [-0.15, -0.1) is 0 Å². The third-order valence-electron chi connectivity index (χ3n) is 4.58. The summed E-state index contributed by atoms with van der Waals surface area (Å²) in [5.41, 5.74) is 0.674. The van der Waals surface area contributed by atoms with Crippen molar-refractivity contribution in [3.05, 3.63) is 69.9 Å². The van der Waals surface area contributed by atoms with Gasteiger partial charge in [-0.1, -0.05) is 23.2 Å². The summed E-state index contributed by atoms with van der Waals surface area (Å²) in [4.78, 5) is 29.3. The van der Waals surface area contributed by atoms with E-state index in [2.05, 4.69) is 10.3 Å². The molecule has 0 spiro atoms. The fraction of sp³-hybridized carbons (Fsp3) is 0.227. The van der Waals surface area contributed by atoms with Gasteiger partial charge in [0.05, 0.1) is 28.0 Å². The Bertz CT molecular complexity index is 1180. The molecule has 1 aromatic heterocycles. The lowest BCUT2D eigenvalue weighted by atomic mass is 10.1. The minimum atomic E-state index is -4.72. The molecular weight excluding hydrogens is 433 g/mol. The average molecular weight is 451 g/mol. The van der Waals surface area contributed by atoms with Gasteiger partial charge in [-0.25, -0.2) is 4.79 Å². The van der Waals surface area contributed by atoms with Gasteiger partial charge in [0, 0.05) is 10.4 Å². The number of carbonyl (C=O) groups is 2. The van der Waals surface area contributed by atoms with Crippen molar-refractivity contribution < 1.29 is 27.5 Å². The van der Waals surface area contributed by atoms with Crippen LogP contribution in [0.15, 0.2) is 42.5 Å². The number of anilines is 1. The van der Waals surface area contributed by atoms with Crippen molar-refractivity contribution in [1.29, 1.82) is 0 Å². The standard InChI is InChI=1S/C22H18ClF3N2O3/c1-11-4-6-18-14(8-11)9-16(12(2)27-18)21(30)31-13(3)20(29)28-19-7-5-15(23)10-17(19)22(24,25)26/h4-10,13H,1-3H3,(H,28,29). The Morgan fingerprint density at radius 3 is 2.48 bits per heavy atom. The first-order valence-electron chi connectivity index (χ1n) is 9.22. The molecule has 0 saturated heterocycles. The largest absolute Gasteiger partial charge is 0.449 e. The molecule has 9 heteroatoms. The van der Waals surface area contributed by atoms with Gasteiger partial charge in [0.2, 0.25) is 0 Å². The van der Waals surface area contributed by atoms with Crippen LogP contribution in [-0.2, 0) is 15.7 Å². The fourth-order valence-corrected chi connectivity index (χ4v) is 3.14. The van der Waals surface area contributed by atoms with Crippen LogP contribution < -0.4 is 5.32 Å². The van der Waals surface area contributed by atoms with Gasteiger partial charge in [-0.3, -0.25) is 9.78 Å². The number of halogens is 4. The van der Waals surface area contributed by atoms with E-state index >= 15 is 0 Å². The quantitative estimate of drug-likeness (QED) is 0.517. The summed E-state index contributed by atoms with van der Waals surface area (Å²) in [7, 11) is 0. The van der Waals surface area contributed by atoms with Crippen LogP contribution in [0.25, 0.3) is 10.9 Å². The number of benzene rings is 2. The summed E-state index contributed by atoms with van der Waals surface area (Å²) >= 11 is 5.64. The first-order valence-corrected chi connectivity index (χ1v) is 9.60. The van der Waals surface area contributed by atoms with Crippen LogP contribution in [-0.4, -0.2) is 23.0 Å². The van der Waals surface area contributed by atoms with E-state index in [0.29, 0.717) is 17.3 Å². The van der Waals surface area contributed by atoms with Crippen molar-refractivity contribution in [2.45, 2.75) is 33.1 Å². The van der Waals surface area contributed by atoms with Crippen molar-refractivity contribution in [2.24, 2.45) is 0 Å². The van der Waals surface area contributed by atoms with Crippen molar-refractivity contribution in [3.8, 4) is 0 Å². The molecule has 0 saturated carbocycles. The van der Waals surface area contributed by atoms with Crippen molar-refractivity contribution >= 4 is 40.1 Å². The number of amides is 1. The Morgan fingerprint density at radius 1 is 1.10 bits per heavy atom. The monoisotopic (exact) mass is 450 g/mol. The van der Waals surface area contributed by atoms with E-state index in [-0.39, 0.29) is 10.6 Å². The Kier molecular flexibility index (Phi) is 6.22. The molecule has 0 radical (unpaired) electrons. The molecule has 0 aliphatic rings. The topological polar surface area (TPSA) is 68.3 Å². The summed E-state index contributed by atoms with van der Waals surface area (Å²) in [5, 5.41) is 2.74. The van der Waals surface area contributed by atoms with E-state index in [9.17, 15) is 22.8 Å². The predicted molar refractivity (Wildman–Crippen MR) is 111 cm³/mol. The van der Waals surface area contributed by atoms with E-state index in [0.717, 1.165) is 17.0 Å². The molecule has 1 atom stereocenters. The van der Waals surface area contributed by atoms with E-state index < -0.39 is 35.4 Å². The lowest BCUT2D eigenvalue weighted by Crippen LogP contribution is -2.31. The molecule has 0 aliphatic carbocycles. The maximum absolute atomic E-state index is 13.2. The number of esters is 1. The summed E-state index contributed by atoms with van der Waals surface area (Å²) in [5.74, 6) is -1.72. The number of hydrogen-bond donors (Lipinski definition) is 1. The first kappa shape index (κ1) is 22.6.